The van der Waals surface area contributed by atoms with E-state index in [0.29, 0.717) is 18.2 Å². The summed E-state index contributed by atoms with van der Waals surface area (Å²) >= 11 is 0. The first-order chi connectivity index (χ1) is 10.2. The molecule has 0 saturated heterocycles. The molecule has 0 unspecified atom stereocenters. The van der Waals surface area contributed by atoms with Crippen LogP contribution in [0.2, 0.25) is 0 Å². The molecule has 5 heteroatoms. The number of halogens is 1. The van der Waals surface area contributed by atoms with Crippen LogP contribution in [0.15, 0.2) is 18.2 Å². The van der Waals surface area contributed by atoms with E-state index >= 15 is 0 Å². The van der Waals surface area contributed by atoms with Gasteiger partial charge in [-0.15, -0.1) is 0 Å². The van der Waals surface area contributed by atoms with Gasteiger partial charge >= 0.3 is 0 Å². The van der Waals surface area contributed by atoms with E-state index in [-0.39, 0.29) is 5.82 Å². The zero-order valence-corrected chi connectivity index (χ0v) is 12.6. The highest BCUT2D eigenvalue weighted by molar-refractivity contribution is 5.42. The van der Waals surface area contributed by atoms with Crippen LogP contribution in [0.25, 0.3) is 5.69 Å². The monoisotopic (exact) mass is 288 g/mol. The maximum Gasteiger partial charge on any atom is 0.151 e. The number of aryl methyl sites for hydroxylation is 2. The van der Waals surface area contributed by atoms with E-state index in [0.717, 1.165) is 30.2 Å². The third-order valence-electron chi connectivity index (χ3n) is 3.82. The van der Waals surface area contributed by atoms with Crippen molar-refractivity contribution in [3.8, 4) is 5.69 Å². The number of nitrogens with one attached hydrogen (secondary N) is 1. The van der Waals surface area contributed by atoms with Gasteiger partial charge in [-0.2, -0.15) is 5.10 Å². The fourth-order valence-electron chi connectivity index (χ4n) is 2.42. The number of hydrogen-bond acceptors (Lipinski definition) is 3. The van der Waals surface area contributed by atoms with E-state index in [1.54, 1.807) is 10.7 Å². The summed E-state index contributed by atoms with van der Waals surface area (Å²) in [7, 11) is 0. The maximum absolute atomic E-state index is 14.2. The van der Waals surface area contributed by atoms with Gasteiger partial charge in [0.15, 0.2) is 5.82 Å². The average Bonchev–Trinajstić information content (AvgIpc) is 3.23. The zero-order valence-electron chi connectivity index (χ0n) is 12.6. The molecular formula is C16H21FN4. The van der Waals surface area contributed by atoms with Crippen molar-refractivity contribution in [1.82, 2.24) is 20.1 Å². The van der Waals surface area contributed by atoms with Gasteiger partial charge in [-0.25, -0.2) is 14.1 Å². The lowest BCUT2D eigenvalue weighted by molar-refractivity contribution is 0.581. The van der Waals surface area contributed by atoms with E-state index in [1.807, 2.05) is 19.9 Å². The maximum atomic E-state index is 14.2. The summed E-state index contributed by atoms with van der Waals surface area (Å²) < 4.78 is 16.0. The summed E-state index contributed by atoms with van der Waals surface area (Å²) in [5.74, 6) is 1.50. The highest BCUT2D eigenvalue weighted by Crippen LogP contribution is 2.23. The van der Waals surface area contributed by atoms with Gasteiger partial charge in [-0.05, 0) is 25.0 Å². The Morgan fingerprint density at radius 3 is 2.76 bits per heavy atom. The second-order valence-electron chi connectivity index (χ2n) is 5.46. The SMILES string of the molecule is CCc1nc(CC)n(-c2cccc(F)c2CNC2CC2)n1. The fourth-order valence-corrected chi connectivity index (χ4v) is 2.42. The Morgan fingerprint density at radius 1 is 1.29 bits per heavy atom. The molecule has 0 spiro atoms. The number of hydrogen-bond donors (Lipinski definition) is 1. The van der Waals surface area contributed by atoms with Gasteiger partial charge in [-0.3, -0.25) is 0 Å². The highest BCUT2D eigenvalue weighted by atomic mass is 19.1. The van der Waals surface area contributed by atoms with Gasteiger partial charge in [-0.1, -0.05) is 19.9 Å². The second-order valence-corrected chi connectivity index (χ2v) is 5.46. The second kappa shape index (κ2) is 5.93. The van der Waals surface area contributed by atoms with E-state index < -0.39 is 0 Å². The Morgan fingerprint density at radius 2 is 2.10 bits per heavy atom. The molecule has 1 N–H and O–H groups in total. The minimum absolute atomic E-state index is 0.184. The minimum Gasteiger partial charge on any atom is -0.310 e. The van der Waals surface area contributed by atoms with Gasteiger partial charge in [0.25, 0.3) is 0 Å². The third kappa shape index (κ3) is 2.97. The van der Waals surface area contributed by atoms with Crippen molar-refractivity contribution in [2.75, 3.05) is 0 Å². The van der Waals surface area contributed by atoms with Crippen molar-refractivity contribution in [3.05, 3.63) is 41.2 Å². The standard InChI is InChI=1S/C16H21FN4/c1-3-15-19-16(4-2)21(20-15)14-7-5-6-13(17)12(14)10-18-11-8-9-11/h5-7,11,18H,3-4,8-10H2,1-2H3. The first kappa shape index (κ1) is 14.2. The van der Waals surface area contributed by atoms with Crippen LogP contribution in [0.4, 0.5) is 4.39 Å². The number of nitrogens with zero attached hydrogens (tertiary/aromatic N) is 3. The Kier molecular flexibility index (Phi) is 4.01. The van der Waals surface area contributed by atoms with E-state index in [1.165, 1.54) is 18.9 Å². The van der Waals surface area contributed by atoms with Gasteiger partial charge < -0.3 is 5.32 Å². The average molecular weight is 288 g/mol. The minimum atomic E-state index is -0.184. The summed E-state index contributed by atoms with van der Waals surface area (Å²) in [6.07, 6.45) is 3.94. The lowest BCUT2D eigenvalue weighted by atomic mass is 10.1. The molecule has 1 aromatic heterocycles. The highest BCUT2D eigenvalue weighted by Gasteiger charge is 2.22. The molecule has 0 atom stereocenters. The molecule has 3 rings (SSSR count). The summed E-state index contributed by atoms with van der Waals surface area (Å²) in [5, 5.41) is 7.91. The summed E-state index contributed by atoms with van der Waals surface area (Å²) in [6, 6.07) is 5.71. The molecule has 2 aromatic rings. The molecular weight excluding hydrogens is 267 g/mol. The van der Waals surface area contributed by atoms with Crippen molar-refractivity contribution in [3.63, 3.8) is 0 Å². The van der Waals surface area contributed by atoms with Crippen molar-refractivity contribution in [2.24, 2.45) is 0 Å². The number of benzene rings is 1. The van der Waals surface area contributed by atoms with Crippen LogP contribution in [-0.2, 0) is 19.4 Å². The Labute approximate surface area is 124 Å². The molecule has 1 aliphatic carbocycles. The van der Waals surface area contributed by atoms with Gasteiger partial charge in [0, 0.05) is 31.0 Å². The fraction of sp³-hybridized carbons (Fsp3) is 0.500. The molecule has 1 heterocycles. The zero-order chi connectivity index (χ0) is 14.8. The predicted octanol–water partition coefficient (Wildman–Crippen LogP) is 2.78. The lowest BCUT2D eigenvalue weighted by Crippen LogP contribution is -2.19. The quantitative estimate of drug-likeness (QED) is 0.889. The van der Waals surface area contributed by atoms with Gasteiger partial charge in [0.1, 0.15) is 11.6 Å². The molecule has 4 nitrogen and oxygen atoms in total. The molecule has 0 bridgehead atoms. The normalized spacial score (nSPS) is 14.6. The molecule has 0 amide bonds. The Balaban J connectivity index is 1.99. The van der Waals surface area contributed by atoms with Gasteiger partial charge in [0.2, 0.25) is 0 Å². The van der Waals surface area contributed by atoms with Crippen LogP contribution < -0.4 is 5.32 Å². The topological polar surface area (TPSA) is 42.7 Å². The van der Waals surface area contributed by atoms with Crippen LogP contribution in [0.5, 0.6) is 0 Å². The summed E-state index contributed by atoms with van der Waals surface area (Å²) in [4.78, 5) is 4.51. The molecule has 1 saturated carbocycles. The molecule has 1 aromatic carbocycles. The molecule has 1 fully saturated rings. The lowest BCUT2D eigenvalue weighted by Gasteiger charge is -2.12. The van der Waals surface area contributed by atoms with Crippen molar-refractivity contribution >= 4 is 0 Å². The third-order valence-corrected chi connectivity index (χ3v) is 3.82. The number of rotatable bonds is 6. The summed E-state index contributed by atoms with van der Waals surface area (Å²) in [6.45, 7) is 4.61. The predicted molar refractivity (Wildman–Crippen MR) is 79.9 cm³/mol. The molecule has 1 aliphatic rings. The van der Waals surface area contributed by atoms with Crippen LogP contribution >= 0.6 is 0 Å². The van der Waals surface area contributed by atoms with E-state index in [4.69, 9.17) is 0 Å². The Hall–Kier alpha value is -1.75. The molecule has 0 radical (unpaired) electrons. The summed E-state index contributed by atoms with van der Waals surface area (Å²) in [5.41, 5.74) is 1.47. The van der Waals surface area contributed by atoms with Crippen LogP contribution in [0, 0.1) is 5.82 Å². The van der Waals surface area contributed by atoms with Crippen LogP contribution in [0.1, 0.15) is 43.9 Å². The van der Waals surface area contributed by atoms with E-state index in [9.17, 15) is 4.39 Å². The van der Waals surface area contributed by atoms with Gasteiger partial charge in [0.05, 0.1) is 5.69 Å². The largest absolute Gasteiger partial charge is 0.310 e. The molecule has 0 aliphatic heterocycles. The first-order valence-electron chi connectivity index (χ1n) is 7.68. The number of aromatic nitrogens is 3. The smallest absolute Gasteiger partial charge is 0.151 e. The van der Waals surface area contributed by atoms with Crippen molar-refractivity contribution in [2.45, 2.75) is 52.1 Å². The van der Waals surface area contributed by atoms with Crippen molar-refractivity contribution in [1.29, 1.82) is 0 Å². The molecule has 112 valence electrons. The first-order valence-corrected chi connectivity index (χ1v) is 7.68. The van der Waals surface area contributed by atoms with E-state index in [2.05, 4.69) is 15.4 Å². The van der Waals surface area contributed by atoms with Crippen LogP contribution in [-0.4, -0.2) is 20.8 Å². The Bertz CT molecular complexity index is 631. The van der Waals surface area contributed by atoms with Crippen molar-refractivity contribution < 1.29 is 4.39 Å². The molecule has 21 heavy (non-hydrogen) atoms. The van der Waals surface area contributed by atoms with Crippen LogP contribution in [0.3, 0.4) is 0 Å².